The van der Waals surface area contributed by atoms with E-state index < -0.39 is 0 Å². The van der Waals surface area contributed by atoms with Gasteiger partial charge in [0, 0.05) is 17.6 Å². The summed E-state index contributed by atoms with van der Waals surface area (Å²) in [7, 11) is 0. The average Bonchev–Trinajstić information content (AvgIpc) is 2.40. The second kappa shape index (κ2) is 6.59. The van der Waals surface area contributed by atoms with E-state index in [0.717, 1.165) is 5.82 Å². The van der Waals surface area contributed by atoms with Gasteiger partial charge >= 0.3 is 0 Å². The van der Waals surface area contributed by atoms with Crippen LogP contribution < -0.4 is 10.6 Å². The minimum atomic E-state index is 0.575. The van der Waals surface area contributed by atoms with Crippen molar-refractivity contribution in [3.63, 3.8) is 0 Å². The number of benzene rings is 1. The molecule has 0 atom stereocenters. The van der Waals surface area contributed by atoms with Gasteiger partial charge in [0.1, 0.15) is 17.5 Å². The zero-order valence-corrected chi connectivity index (χ0v) is 12.5. The van der Waals surface area contributed by atoms with Crippen molar-refractivity contribution in [3.05, 3.63) is 52.8 Å². The van der Waals surface area contributed by atoms with Gasteiger partial charge < -0.3 is 10.6 Å². The van der Waals surface area contributed by atoms with Gasteiger partial charge in [-0.1, -0.05) is 29.3 Å². The summed E-state index contributed by atoms with van der Waals surface area (Å²) >= 11 is 12.1. The lowest BCUT2D eigenvalue weighted by atomic mass is 10.3. The minimum absolute atomic E-state index is 0.575. The average molecular weight is 309 g/mol. The third-order valence-corrected chi connectivity index (χ3v) is 3.02. The van der Waals surface area contributed by atoms with Crippen LogP contribution in [0.2, 0.25) is 10.0 Å². The summed E-state index contributed by atoms with van der Waals surface area (Å²) in [4.78, 5) is 8.60. The van der Waals surface area contributed by atoms with Crippen LogP contribution in [0.5, 0.6) is 0 Å². The maximum Gasteiger partial charge on any atom is 0.136 e. The fraction of sp³-hybridized carbons (Fsp3) is 0.143. The van der Waals surface area contributed by atoms with Crippen LogP contribution in [0.1, 0.15) is 5.82 Å². The molecule has 1 aromatic heterocycles. The van der Waals surface area contributed by atoms with E-state index in [9.17, 15) is 0 Å². The van der Waals surface area contributed by atoms with E-state index in [1.54, 1.807) is 30.3 Å². The molecule has 104 valence electrons. The molecule has 1 aromatic carbocycles. The summed E-state index contributed by atoms with van der Waals surface area (Å²) in [5.41, 5.74) is 0.701. The first kappa shape index (κ1) is 14.6. The lowest BCUT2D eigenvalue weighted by Gasteiger charge is -2.10. The molecule has 20 heavy (non-hydrogen) atoms. The summed E-state index contributed by atoms with van der Waals surface area (Å²) < 4.78 is 0. The van der Waals surface area contributed by atoms with Gasteiger partial charge in [-0.15, -0.1) is 6.58 Å². The number of hydrogen-bond acceptors (Lipinski definition) is 4. The lowest BCUT2D eigenvalue weighted by molar-refractivity contribution is 1.05. The van der Waals surface area contributed by atoms with Crippen LogP contribution in [0.3, 0.4) is 0 Å². The third-order valence-electron chi connectivity index (χ3n) is 2.46. The zero-order chi connectivity index (χ0) is 14.5. The SMILES string of the molecule is C=CCNc1cc(Nc2cc(Cl)ccc2Cl)nc(C)n1. The highest BCUT2D eigenvalue weighted by molar-refractivity contribution is 6.35. The van der Waals surface area contributed by atoms with Gasteiger partial charge in [0.25, 0.3) is 0 Å². The van der Waals surface area contributed by atoms with Crippen LogP contribution in [0.25, 0.3) is 0 Å². The van der Waals surface area contributed by atoms with Crippen LogP contribution in [0.15, 0.2) is 36.9 Å². The van der Waals surface area contributed by atoms with Gasteiger partial charge in [0.2, 0.25) is 0 Å². The van der Waals surface area contributed by atoms with E-state index in [1.807, 2.05) is 6.92 Å². The predicted octanol–water partition coefficient (Wildman–Crippen LogP) is 4.43. The second-order valence-corrected chi connectivity index (χ2v) is 4.95. The topological polar surface area (TPSA) is 49.8 Å². The smallest absolute Gasteiger partial charge is 0.136 e. The van der Waals surface area contributed by atoms with E-state index in [1.165, 1.54) is 0 Å². The van der Waals surface area contributed by atoms with Crippen molar-refractivity contribution in [1.82, 2.24) is 9.97 Å². The standard InChI is InChI=1S/C14H14Cl2N4/c1-3-6-17-13-8-14(19-9(2)18-13)20-12-7-10(15)4-5-11(12)16/h3-5,7-8H,1,6H2,2H3,(H2,17,18,19,20). The van der Waals surface area contributed by atoms with Crippen molar-refractivity contribution in [2.45, 2.75) is 6.92 Å². The molecule has 4 nitrogen and oxygen atoms in total. The molecule has 0 fully saturated rings. The van der Waals surface area contributed by atoms with Gasteiger partial charge in [-0.2, -0.15) is 0 Å². The van der Waals surface area contributed by atoms with Crippen LogP contribution in [-0.4, -0.2) is 16.5 Å². The molecule has 0 aliphatic heterocycles. The normalized spacial score (nSPS) is 10.2. The highest BCUT2D eigenvalue weighted by atomic mass is 35.5. The molecule has 0 spiro atoms. The van der Waals surface area contributed by atoms with Crippen LogP contribution >= 0.6 is 23.2 Å². The maximum absolute atomic E-state index is 6.12. The number of rotatable bonds is 5. The molecule has 0 radical (unpaired) electrons. The van der Waals surface area contributed by atoms with Gasteiger partial charge in [0.05, 0.1) is 10.7 Å². The molecule has 0 amide bonds. The Labute approximate surface area is 127 Å². The van der Waals surface area contributed by atoms with Gasteiger partial charge in [-0.05, 0) is 25.1 Å². The molecule has 2 rings (SSSR count). The molecule has 2 aromatic rings. The summed E-state index contributed by atoms with van der Waals surface area (Å²) in [5, 5.41) is 7.44. The molecule has 0 saturated heterocycles. The first-order valence-electron chi connectivity index (χ1n) is 6.01. The third kappa shape index (κ3) is 3.85. The van der Waals surface area contributed by atoms with E-state index in [2.05, 4.69) is 27.2 Å². The molecular formula is C14H14Cl2N4. The Morgan fingerprint density at radius 2 is 1.95 bits per heavy atom. The quantitative estimate of drug-likeness (QED) is 0.802. The van der Waals surface area contributed by atoms with Crippen molar-refractivity contribution >= 4 is 40.5 Å². The van der Waals surface area contributed by atoms with Crippen LogP contribution in [0, 0.1) is 6.92 Å². The summed E-state index contributed by atoms with van der Waals surface area (Å²) in [6.45, 7) is 6.11. The summed E-state index contributed by atoms with van der Waals surface area (Å²) in [6.07, 6.45) is 1.76. The van der Waals surface area contributed by atoms with Crippen molar-refractivity contribution in [3.8, 4) is 0 Å². The number of anilines is 3. The Morgan fingerprint density at radius 3 is 2.70 bits per heavy atom. The Bertz CT molecular complexity index is 629. The van der Waals surface area contributed by atoms with Crippen LogP contribution in [-0.2, 0) is 0 Å². The molecule has 2 N–H and O–H groups in total. The fourth-order valence-corrected chi connectivity index (χ4v) is 1.97. The molecule has 1 heterocycles. The Hall–Kier alpha value is -1.78. The highest BCUT2D eigenvalue weighted by Crippen LogP contribution is 2.28. The number of aromatic nitrogens is 2. The summed E-state index contributed by atoms with van der Waals surface area (Å²) in [6, 6.07) is 7.01. The predicted molar refractivity (Wildman–Crippen MR) is 85.2 cm³/mol. The van der Waals surface area contributed by atoms with Gasteiger partial charge in [0.15, 0.2) is 0 Å². The highest BCUT2D eigenvalue weighted by Gasteiger charge is 2.05. The first-order valence-corrected chi connectivity index (χ1v) is 6.76. The Balaban J connectivity index is 2.26. The van der Waals surface area contributed by atoms with Crippen molar-refractivity contribution in [1.29, 1.82) is 0 Å². The molecule has 0 bridgehead atoms. The van der Waals surface area contributed by atoms with E-state index in [0.29, 0.717) is 33.9 Å². The monoisotopic (exact) mass is 308 g/mol. The number of hydrogen-bond donors (Lipinski definition) is 2. The van der Waals surface area contributed by atoms with E-state index in [-0.39, 0.29) is 0 Å². The molecule has 0 aliphatic carbocycles. The lowest BCUT2D eigenvalue weighted by Crippen LogP contribution is -2.04. The van der Waals surface area contributed by atoms with Crippen LogP contribution in [0.4, 0.5) is 17.3 Å². The number of nitrogens with one attached hydrogen (secondary N) is 2. The minimum Gasteiger partial charge on any atom is -0.366 e. The molecule has 0 unspecified atom stereocenters. The van der Waals surface area contributed by atoms with Gasteiger partial charge in [-0.3, -0.25) is 0 Å². The maximum atomic E-state index is 6.12. The van der Waals surface area contributed by atoms with Crippen molar-refractivity contribution < 1.29 is 0 Å². The second-order valence-electron chi connectivity index (χ2n) is 4.10. The number of nitrogens with zero attached hydrogens (tertiary/aromatic N) is 2. The van der Waals surface area contributed by atoms with Crippen molar-refractivity contribution in [2.24, 2.45) is 0 Å². The molecular weight excluding hydrogens is 295 g/mol. The van der Waals surface area contributed by atoms with Gasteiger partial charge in [-0.25, -0.2) is 9.97 Å². The Kier molecular flexibility index (Phi) is 4.82. The fourth-order valence-electron chi connectivity index (χ4n) is 1.63. The Morgan fingerprint density at radius 1 is 1.20 bits per heavy atom. The van der Waals surface area contributed by atoms with E-state index in [4.69, 9.17) is 23.2 Å². The molecule has 0 aliphatic rings. The van der Waals surface area contributed by atoms with Crippen molar-refractivity contribution in [2.75, 3.05) is 17.2 Å². The largest absolute Gasteiger partial charge is 0.366 e. The van der Waals surface area contributed by atoms with E-state index >= 15 is 0 Å². The first-order chi connectivity index (χ1) is 9.58. The zero-order valence-electron chi connectivity index (χ0n) is 11.0. The number of aryl methyl sites for hydroxylation is 1. The number of halogens is 2. The molecule has 0 saturated carbocycles. The molecule has 6 heteroatoms. The summed E-state index contributed by atoms with van der Waals surface area (Å²) in [5.74, 6) is 2.02.